The molecule has 0 unspecified atom stereocenters. The van der Waals surface area contributed by atoms with Gasteiger partial charge in [-0.05, 0) is 36.6 Å². The Morgan fingerprint density at radius 1 is 1.04 bits per heavy atom. The predicted octanol–water partition coefficient (Wildman–Crippen LogP) is 3.79. The van der Waals surface area contributed by atoms with E-state index in [0.717, 1.165) is 23.3 Å². The number of methoxy groups -OCH3 is 1. The molecule has 4 nitrogen and oxygen atoms in total. The Hall–Kier alpha value is -2.33. The van der Waals surface area contributed by atoms with Crippen LogP contribution in [-0.4, -0.2) is 30.1 Å². The van der Waals surface area contributed by atoms with E-state index in [9.17, 15) is 4.79 Å². The fourth-order valence-corrected chi connectivity index (χ4v) is 3.24. The SMILES string of the molecule is COc1ccc(CN2C(=O)CC[C@@H](OCc3ccccc3)[C@@H]2C)cc1. The lowest BCUT2D eigenvalue weighted by molar-refractivity contribution is -0.145. The van der Waals surface area contributed by atoms with E-state index < -0.39 is 0 Å². The summed E-state index contributed by atoms with van der Waals surface area (Å²) in [7, 11) is 1.65. The number of carbonyl (C=O) groups excluding carboxylic acids is 1. The minimum atomic E-state index is 0.0621. The lowest BCUT2D eigenvalue weighted by atomic mass is 9.98. The number of piperidine rings is 1. The predicted molar refractivity (Wildman–Crippen MR) is 97.3 cm³/mol. The second kappa shape index (κ2) is 8.17. The summed E-state index contributed by atoms with van der Waals surface area (Å²) in [6.07, 6.45) is 1.39. The monoisotopic (exact) mass is 339 g/mol. The number of ether oxygens (including phenoxy) is 2. The van der Waals surface area contributed by atoms with Gasteiger partial charge >= 0.3 is 0 Å². The van der Waals surface area contributed by atoms with Gasteiger partial charge in [0.25, 0.3) is 0 Å². The summed E-state index contributed by atoms with van der Waals surface area (Å²) < 4.78 is 11.3. The Bertz CT molecular complexity index is 684. The molecule has 2 aromatic rings. The van der Waals surface area contributed by atoms with Crippen LogP contribution in [0.15, 0.2) is 54.6 Å². The Morgan fingerprint density at radius 3 is 2.44 bits per heavy atom. The molecule has 1 aliphatic rings. The van der Waals surface area contributed by atoms with Crippen molar-refractivity contribution in [1.82, 2.24) is 4.90 Å². The van der Waals surface area contributed by atoms with Crippen molar-refractivity contribution in [2.45, 2.75) is 45.1 Å². The largest absolute Gasteiger partial charge is 0.497 e. The topological polar surface area (TPSA) is 38.8 Å². The minimum Gasteiger partial charge on any atom is -0.497 e. The standard InChI is InChI=1S/C21H25NO3/c1-16-20(25-15-18-6-4-3-5-7-18)12-13-21(23)22(16)14-17-8-10-19(24-2)11-9-17/h3-11,16,20H,12-15H2,1-2H3/t16-,20+/m0/s1. The van der Waals surface area contributed by atoms with Gasteiger partial charge in [-0.2, -0.15) is 0 Å². The van der Waals surface area contributed by atoms with E-state index >= 15 is 0 Å². The average Bonchev–Trinajstić information content (AvgIpc) is 2.66. The zero-order valence-corrected chi connectivity index (χ0v) is 14.9. The van der Waals surface area contributed by atoms with Crippen molar-refractivity contribution in [1.29, 1.82) is 0 Å². The molecule has 0 N–H and O–H groups in total. The van der Waals surface area contributed by atoms with Gasteiger partial charge in [0.1, 0.15) is 5.75 Å². The quantitative estimate of drug-likeness (QED) is 0.804. The van der Waals surface area contributed by atoms with Crippen LogP contribution in [0.4, 0.5) is 0 Å². The number of nitrogens with zero attached hydrogens (tertiary/aromatic N) is 1. The molecule has 1 aliphatic heterocycles. The summed E-state index contributed by atoms with van der Waals surface area (Å²) in [6.45, 7) is 3.27. The molecule has 0 aromatic heterocycles. The third-order valence-corrected chi connectivity index (χ3v) is 4.81. The number of likely N-dealkylation sites (tertiary alicyclic amines) is 1. The maximum absolute atomic E-state index is 12.4. The highest BCUT2D eigenvalue weighted by atomic mass is 16.5. The first-order valence-electron chi connectivity index (χ1n) is 8.75. The van der Waals surface area contributed by atoms with E-state index in [0.29, 0.717) is 19.6 Å². The Labute approximate surface area is 149 Å². The van der Waals surface area contributed by atoms with Crippen LogP contribution in [0.3, 0.4) is 0 Å². The molecular weight excluding hydrogens is 314 g/mol. The number of amides is 1. The van der Waals surface area contributed by atoms with E-state index in [2.05, 4.69) is 19.1 Å². The van der Waals surface area contributed by atoms with Crippen molar-refractivity contribution in [2.75, 3.05) is 7.11 Å². The van der Waals surface area contributed by atoms with E-state index in [1.165, 1.54) is 0 Å². The number of benzene rings is 2. The van der Waals surface area contributed by atoms with E-state index in [-0.39, 0.29) is 18.1 Å². The van der Waals surface area contributed by atoms with Crippen molar-refractivity contribution >= 4 is 5.91 Å². The molecule has 0 radical (unpaired) electrons. The average molecular weight is 339 g/mol. The van der Waals surface area contributed by atoms with Crippen LogP contribution in [0.25, 0.3) is 0 Å². The van der Waals surface area contributed by atoms with Crippen molar-refractivity contribution in [3.8, 4) is 5.75 Å². The van der Waals surface area contributed by atoms with Gasteiger partial charge in [0, 0.05) is 13.0 Å². The molecule has 3 rings (SSSR count). The van der Waals surface area contributed by atoms with Gasteiger partial charge in [-0.25, -0.2) is 0 Å². The second-order valence-corrected chi connectivity index (χ2v) is 6.48. The molecule has 132 valence electrons. The third-order valence-electron chi connectivity index (χ3n) is 4.81. The number of rotatable bonds is 6. The Kier molecular flexibility index (Phi) is 5.71. The molecule has 1 fully saturated rings. The van der Waals surface area contributed by atoms with Crippen LogP contribution >= 0.6 is 0 Å². The highest BCUT2D eigenvalue weighted by Crippen LogP contribution is 2.25. The zero-order valence-electron chi connectivity index (χ0n) is 14.9. The fourth-order valence-electron chi connectivity index (χ4n) is 3.24. The lowest BCUT2D eigenvalue weighted by Gasteiger charge is -2.39. The molecule has 0 saturated carbocycles. The van der Waals surface area contributed by atoms with Crippen molar-refractivity contribution in [3.05, 3.63) is 65.7 Å². The van der Waals surface area contributed by atoms with Crippen molar-refractivity contribution in [2.24, 2.45) is 0 Å². The Balaban J connectivity index is 1.62. The van der Waals surface area contributed by atoms with Gasteiger partial charge in [0.15, 0.2) is 0 Å². The first-order chi connectivity index (χ1) is 12.2. The van der Waals surface area contributed by atoms with Crippen molar-refractivity contribution < 1.29 is 14.3 Å². The van der Waals surface area contributed by atoms with Gasteiger partial charge in [-0.1, -0.05) is 42.5 Å². The molecule has 0 bridgehead atoms. The lowest BCUT2D eigenvalue weighted by Crippen LogP contribution is -2.49. The Morgan fingerprint density at radius 2 is 1.76 bits per heavy atom. The van der Waals surface area contributed by atoms with Gasteiger partial charge in [0.2, 0.25) is 5.91 Å². The summed E-state index contributed by atoms with van der Waals surface area (Å²) in [5, 5.41) is 0. The molecule has 25 heavy (non-hydrogen) atoms. The van der Waals surface area contributed by atoms with Gasteiger partial charge in [-0.3, -0.25) is 4.79 Å². The van der Waals surface area contributed by atoms with Crippen LogP contribution in [0.1, 0.15) is 30.9 Å². The molecule has 4 heteroatoms. The maximum Gasteiger partial charge on any atom is 0.223 e. The summed E-state index contributed by atoms with van der Waals surface area (Å²) in [4.78, 5) is 14.3. The molecule has 0 aliphatic carbocycles. The highest BCUT2D eigenvalue weighted by Gasteiger charge is 2.33. The third kappa shape index (κ3) is 4.40. The molecule has 1 amide bonds. The first kappa shape index (κ1) is 17.5. The van der Waals surface area contributed by atoms with Crippen molar-refractivity contribution in [3.63, 3.8) is 0 Å². The molecule has 2 aromatic carbocycles. The molecule has 1 saturated heterocycles. The summed E-state index contributed by atoms with van der Waals surface area (Å²) in [6, 6.07) is 18.1. The van der Waals surface area contributed by atoms with Crippen LogP contribution in [-0.2, 0) is 22.7 Å². The number of carbonyl (C=O) groups is 1. The van der Waals surface area contributed by atoms with E-state index in [4.69, 9.17) is 9.47 Å². The number of hydrogen-bond donors (Lipinski definition) is 0. The smallest absolute Gasteiger partial charge is 0.223 e. The van der Waals surface area contributed by atoms with Crippen LogP contribution < -0.4 is 4.74 Å². The van der Waals surface area contributed by atoms with Crippen LogP contribution in [0.2, 0.25) is 0 Å². The zero-order chi connectivity index (χ0) is 17.6. The summed E-state index contributed by atoms with van der Waals surface area (Å²) >= 11 is 0. The van der Waals surface area contributed by atoms with E-state index in [1.807, 2.05) is 47.4 Å². The van der Waals surface area contributed by atoms with Crippen LogP contribution in [0, 0.1) is 0 Å². The van der Waals surface area contributed by atoms with Gasteiger partial charge in [-0.15, -0.1) is 0 Å². The minimum absolute atomic E-state index is 0.0621. The van der Waals surface area contributed by atoms with Crippen LogP contribution in [0.5, 0.6) is 5.75 Å². The second-order valence-electron chi connectivity index (χ2n) is 6.48. The van der Waals surface area contributed by atoms with Gasteiger partial charge in [0.05, 0.1) is 25.9 Å². The molecule has 1 heterocycles. The summed E-state index contributed by atoms with van der Waals surface area (Å²) in [5.74, 6) is 1.02. The normalized spacial score (nSPS) is 20.6. The highest BCUT2D eigenvalue weighted by molar-refractivity contribution is 5.77. The number of hydrogen-bond acceptors (Lipinski definition) is 3. The first-order valence-corrected chi connectivity index (χ1v) is 8.75. The summed E-state index contributed by atoms with van der Waals surface area (Å²) in [5.41, 5.74) is 2.26. The molecule has 2 atom stereocenters. The molecule has 0 spiro atoms. The molecular formula is C21H25NO3. The maximum atomic E-state index is 12.4. The van der Waals surface area contributed by atoms with E-state index in [1.54, 1.807) is 7.11 Å². The fraction of sp³-hybridized carbons (Fsp3) is 0.381. The van der Waals surface area contributed by atoms with Gasteiger partial charge < -0.3 is 14.4 Å².